The molecule has 21 heavy (non-hydrogen) atoms. The highest BCUT2D eigenvalue weighted by atomic mass is 19.1. The lowest BCUT2D eigenvalue weighted by Gasteiger charge is -2.09. The average Bonchev–Trinajstić information content (AvgIpc) is 3.28. The number of benzene rings is 1. The van der Waals surface area contributed by atoms with E-state index >= 15 is 0 Å². The highest BCUT2D eigenvalue weighted by molar-refractivity contribution is 5.87. The lowest BCUT2D eigenvalue weighted by atomic mass is 10.2. The van der Waals surface area contributed by atoms with Crippen molar-refractivity contribution < 1.29 is 4.39 Å². The van der Waals surface area contributed by atoms with Gasteiger partial charge in [-0.15, -0.1) is 5.10 Å². The van der Waals surface area contributed by atoms with Gasteiger partial charge < -0.3 is 4.57 Å². The minimum Gasteiger partial charge on any atom is -0.337 e. The highest BCUT2D eigenvalue weighted by Gasteiger charge is 2.28. The fourth-order valence-electron chi connectivity index (χ4n) is 2.70. The number of rotatable bonds is 2. The van der Waals surface area contributed by atoms with Crippen LogP contribution in [0.1, 0.15) is 24.6 Å². The van der Waals surface area contributed by atoms with E-state index in [9.17, 15) is 4.39 Å². The van der Waals surface area contributed by atoms with Crippen LogP contribution < -0.4 is 0 Å². The molecular formula is C16H11FN4. The van der Waals surface area contributed by atoms with Crippen LogP contribution in [-0.4, -0.2) is 14.8 Å². The van der Waals surface area contributed by atoms with Crippen molar-refractivity contribution in [1.82, 2.24) is 14.8 Å². The number of halogens is 1. The van der Waals surface area contributed by atoms with Crippen molar-refractivity contribution in [1.29, 1.82) is 5.26 Å². The lowest BCUT2D eigenvalue weighted by Crippen LogP contribution is -1.98. The van der Waals surface area contributed by atoms with Crippen LogP contribution in [0, 0.1) is 17.1 Å². The molecule has 2 aromatic heterocycles. The summed E-state index contributed by atoms with van der Waals surface area (Å²) in [4.78, 5) is 0. The molecule has 1 aliphatic rings. The van der Waals surface area contributed by atoms with Gasteiger partial charge in [0.1, 0.15) is 11.9 Å². The normalized spacial score (nSPS) is 14.3. The van der Waals surface area contributed by atoms with Gasteiger partial charge in [-0.3, -0.25) is 0 Å². The second-order valence-corrected chi connectivity index (χ2v) is 5.28. The van der Waals surface area contributed by atoms with E-state index < -0.39 is 0 Å². The first-order valence-electron chi connectivity index (χ1n) is 6.80. The maximum Gasteiger partial charge on any atom is 0.163 e. The molecular weight excluding hydrogens is 267 g/mol. The molecule has 1 fully saturated rings. The number of nitriles is 1. The van der Waals surface area contributed by atoms with Gasteiger partial charge in [0.25, 0.3) is 0 Å². The van der Waals surface area contributed by atoms with Crippen molar-refractivity contribution >= 4 is 10.9 Å². The van der Waals surface area contributed by atoms with Gasteiger partial charge in [-0.05, 0) is 43.2 Å². The molecule has 1 aromatic carbocycles. The Hall–Kier alpha value is -2.74. The molecule has 0 N–H and O–H groups in total. The van der Waals surface area contributed by atoms with Crippen LogP contribution in [0.25, 0.3) is 22.2 Å². The van der Waals surface area contributed by atoms with Crippen molar-refractivity contribution in [2.45, 2.75) is 18.9 Å². The van der Waals surface area contributed by atoms with Gasteiger partial charge in [0.05, 0.1) is 17.4 Å². The molecule has 0 aliphatic heterocycles. The van der Waals surface area contributed by atoms with Crippen LogP contribution in [0.4, 0.5) is 4.39 Å². The largest absolute Gasteiger partial charge is 0.337 e. The smallest absolute Gasteiger partial charge is 0.163 e. The summed E-state index contributed by atoms with van der Waals surface area (Å²) in [7, 11) is 0. The van der Waals surface area contributed by atoms with Crippen LogP contribution in [0.3, 0.4) is 0 Å². The lowest BCUT2D eigenvalue weighted by molar-refractivity contribution is 0.628. The summed E-state index contributed by atoms with van der Waals surface area (Å²) in [6.45, 7) is 0. The van der Waals surface area contributed by atoms with Crippen molar-refractivity contribution in [3.05, 3.63) is 48.0 Å². The van der Waals surface area contributed by atoms with E-state index in [-0.39, 0.29) is 11.5 Å². The van der Waals surface area contributed by atoms with Gasteiger partial charge in [-0.1, -0.05) is 0 Å². The number of nitrogens with zero attached hydrogens (tertiary/aromatic N) is 4. The average molecular weight is 278 g/mol. The third-order valence-electron chi connectivity index (χ3n) is 3.78. The Morgan fingerprint density at radius 2 is 2.10 bits per heavy atom. The summed E-state index contributed by atoms with van der Waals surface area (Å²) in [5, 5.41) is 17.6. The van der Waals surface area contributed by atoms with Crippen molar-refractivity contribution in [2.24, 2.45) is 0 Å². The van der Waals surface area contributed by atoms with E-state index in [1.165, 1.54) is 6.07 Å². The minimum atomic E-state index is -0.236. The maximum absolute atomic E-state index is 13.6. The fraction of sp³-hybridized carbons (Fsp3) is 0.188. The third kappa shape index (κ3) is 1.96. The highest BCUT2D eigenvalue weighted by Crippen LogP contribution is 2.42. The van der Waals surface area contributed by atoms with Gasteiger partial charge >= 0.3 is 0 Å². The molecule has 0 bridgehead atoms. The van der Waals surface area contributed by atoms with Crippen LogP contribution in [-0.2, 0) is 0 Å². The summed E-state index contributed by atoms with van der Waals surface area (Å²) in [5.74, 6) is -0.236. The monoisotopic (exact) mass is 278 g/mol. The van der Waals surface area contributed by atoms with Crippen molar-refractivity contribution in [3.63, 3.8) is 0 Å². The van der Waals surface area contributed by atoms with E-state index in [0.29, 0.717) is 6.04 Å². The molecule has 1 aliphatic carbocycles. The van der Waals surface area contributed by atoms with E-state index in [0.717, 1.165) is 35.0 Å². The first kappa shape index (κ1) is 12.0. The van der Waals surface area contributed by atoms with E-state index in [1.807, 2.05) is 12.1 Å². The Balaban J connectivity index is 1.99. The fourth-order valence-corrected chi connectivity index (χ4v) is 2.70. The number of hydrogen-bond acceptors (Lipinski definition) is 3. The molecule has 4 rings (SSSR count). The van der Waals surface area contributed by atoms with Gasteiger partial charge in [-0.2, -0.15) is 10.4 Å². The zero-order valence-electron chi connectivity index (χ0n) is 11.1. The van der Waals surface area contributed by atoms with Crippen LogP contribution in [0.15, 0.2) is 36.5 Å². The molecule has 2 heterocycles. The molecule has 0 amide bonds. The molecule has 102 valence electrons. The van der Waals surface area contributed by atoms with E-state index in [4.69, 9.17) is 5.26 Å². The van der Waals surface area contributed by atoms with Crippen LogP contribution in [0.5, 0.6) is 0 Å². The number of fused-ring (bicyclic) bond motifs is 1. The molecule has 0 atom stereocenters. The Kier molecular flexibility index (Phi) is 2.51. The molecule has 5 heteroatoms. The van der Waals surface area contributed by atoms with E-state index in [2.05, 4.69) is 14.8 Å². The first-order valence-corrected chi connectivity index (χ1v) is 6.80. The van der Waals surface area contributed by atoms with Gasteiger partial charge in [0, 0.05) is 17.0 Å². The molecule has 0 unspecified atom stereocenters. The molecule has 0 saturated heterocycles. The molecule has 3 aromatic rings. The van der Waals surface area contributed by atoms with Gasteiger partial charge in [-0.25, -0.2) is 4.39 Å². The van der Waals surface area contributed by atoms with Crippen LogP contribution in [0.2, 0.25) is 0 Å². The maximum atomic E-state index is 13.6. The topological polar surface area (TPSA) is 54.5 Å². The van der Waals surface area contributed by atoms with Crippen molar-refractivity contribution in [3.8, 4) is 17.3 Å². The molecule has 0 spiro atoms. The Morgan fingerprint density at radius 3 is 2.86 bits per heavy atom. The van der Waals surface area contributed by atoms with Gasteiger partial charge in [0.2, 0.25) is 0 Å². The predicted molar refractivity (Wildman–Crippen MR) is 75.9 cm³/mol. The zero-order chi connectivity index (χ0) is 14.4. The quantitative estimate of drug-likeness (QED) is 0.721. The van der Waals surface area contributed by atoms with Gasteiger partial charge in [0.15, 0.2) is 5.69 Å². The molecule has 0 radical (unpaired) electrons. The Labute approximate surface area is 120 Å². The zero-order valence-corrected chi connectivity index (χ0v) is 11.1. The second kappa shape index (κ2) is 4.38. The van der Waals surface area contributed by atoms with E-state index in [1.54, 1.807) is 24.4 Å². The number of hydrogen-bond donors (Lipinski definition) is 0. The number of aromatic nitrogens is 3. The van der Waals surface area contributed by atoms with Crippen LogP contribution >= 0.6 is 0 Å². The predicted octanol–water partition coefficient (Wildman–Crippen LogP) is 3.44. The summed E-state index contributed by atoms with van der Waals surface area (Å²) < 4.78 is 15.7. The molecule has 1 saturated carbocycles. The summed E-state index contributed by atoms with van der Waals surface area (Å²) in [6.07, 6.45) is 3.83. The summed E-state index contributed by atoms with van der Waals surface area (Å²) >= 11 is 0. The minimum absolute atomic E-state index is 0.236. The summed E-state index contributed by atoms with van der Waals surface area (Å²) in [6, 6.07) is 11.0. The first-order chi connectivity index (χ1) is 10.3. The standard InChI is InChI=1S/C16H11FN4/c17-12-2-1-10-6-15(11-5-13(8-18)20-19-9-11)21(14-3-4-14)16(10)7-12/h1-2,5-7,9,14H,3-4H2. The SMILES string of the molecule is N#Cc1cc(-c2cc3ccc(F)cc3n2C2CC2)cnn1. The molecule has 4 nitrogen and oxygen atoms in total. The summed E-state index contributed by atoms with van der Waals surface area (Å²) in [5.41, 5.74) is 2.98. The third-order valence-corrected chi connectivity index (χ3v) is 3.78. The Morgan fingerprint density at radius 1 is 1.24 bits per heavy atom. The Bertz CT molecular complexity index is 887. The van der Waals surface area contributed by atoms with Crippen molar-refractivity contribution in [2.75, 3.05) is 0 Å². The second-order valence-electron chi connectivity index (χ2n) is 5.28.